The lowest BCUT2D eigenvalue weighted by Gasteiger charge is -2.11. The molecule has 0 saturated carbocycles. The van der Waals surface area contributed by atoms with Gasteiger partial charge in [-0.25, -0.2) is 4.99 Å². The molecule has 0 atom stereocenters. The van der Waals surface area contributed by atoms with Crippen LogP contribution in [0.3, 0.4) is 0 Å². The molecular formula is C22H21N3O4S. The summed E-state index contributed by atoms with van der Waals surface area (Å²) in [7, 11) is 0. The van der Waals surface area contributed by atoms with E-state index in [1.807, 2.05) is 26.8 Å². The topological polar surface area (TPSA) is 105 Å². The number of amidine groups is 1. The first-order chi connectivity index (χ1) is 14.3. The molecule has 2 aromatic rings. The van der Waals surface area contributed by atoms with Crippen molar-refractivity contribution in [2.45, 2.75) is 26.7 Å². The first-order valence-corrected chi connectivity index (χ1v) is 10.1. The van der Waals surface area contributed by atoms with Crippen molar-refractivity contribution in [1.29, 1.82) is 0 Å². The number of hydrogen-bond donors (Lipinski definition) is 2. The number of thioether (sulfide) groups is 1. The zero-order valence-corrected chi connectivity index (χ0v) is 17.6. The van der Waals surface area contributed by atoms with Crippen molar-refractivity contribution in [3.05, 3.63) is 80.3 Å². The number of para-hydroxylation sites is 1. The monoisotopic (exact) mass is 423 g/mol. The van der Waals surface area contributed by atoms with Crippen LogP contribution in [0.2, 0.25) is 0 Å². The average molecular weight is 423 g/mol. The molecule has 1 heterocycles. The second-order valence-corrected chi connectivity index (χ2v) is 8.06. The zero-order chi connectivity index (χ0) is 21.8. The smallest absolute Gasteiger partial charge is 0.276 e. The number of nitro benzene ring substituents is 1. The van der Waals surface area contributed by atoms with Crippen LogP contribution >= 0.6 is 11.8 Å². The van der Waals surface area contributed by atoms with Crippen LogP contribution in [0, 0.1) is 17.0 Å². The van der Waals surface area contributed by atoms with E-state index in [1.54, 1.807) is 42.5 Å². The summed E-state index contributed by atoms with van der Waals surface area (Å²) >= 11 is 1.19. The van der Waals surface area contributed by atoms with Crippen LogP contribution in [0.15, 0.2) is 58.4 Å². The van der Waals surface area contributed by atoms with Gasteiger partial charge in [-0.05, 0) is 66.1 Å². The molecule has 1 aliphatic heterocycles. The van der Waals surface area contributed by atoms with E-state index in [-0.39, 0.29) is 23.3 Å². The summed E-state index contributed by atoms with van der Waals surface area (Å²) < 4.78 is 0. The van der Waals surface area contributed by atoms with Gasteiger partial charge in [0.05, 0.1) is 21.1 Å². The molecule has 0 aromatic heterocycles. The fourth-order valence-corrected chi connectivity index (χ4v) is 3.71. The van der Waals surface area contributed by atoms with E-state index in [9.17, 15) is 20.0 Å². The molecule has 7 nitrogen and oxygen atoms in total. The molecular weight excluding hydrogens is 402 g/mol. The summed E-state index contributed by atoms with van der Waals surface area (Å²) in [6.45, 7) is 5.81. The highest BCUT2D eigenvalue weighted by Gasteiger charge is 2.23. The number of hydrogen-bond acceptors (Lipinski definition) is 6. The Labute approximate surface area is 178 Å². The van der Waals surface area contributed by atoms with Gasteiger partial charge in [0.15, 0.2) is 5.17 Å². The van der Waals surface area contributed by atoms with Crippen molar-refractivity contribution in [3.63, 3.8) is 0 Å². The minimum Gasteiger partial charge on any atom is -0.508 e. The summed E-state index contributed by atoms with van der Waals surface area (Å²) in [4.78, 5) is 27.8. The Morgan fingerprint density at radius 1 is 1.27 bits per heavy atom. The molecule has 1 aliphatic rings. The lowest BCUT2D eigenvalue weighted by Crippen LogP contribution is -2.19. The van der Waals surface area contributed by atoms with Crippen molar-refractivity contribution in [3.8, 4) is 5.75 Å². The van der Waals surface area contributed by atoms with Gasteiger partial charge in [-0.1, -0.05) is 32.1 Å². The number of aliphatic imine (C=N–C) groups is 1. The Hall–Kier alpha value is -3.39. The highest BCUT2D eigenvalue weighted by atomic mass is 32.2. The van der Waals surface area contributed by atoms with Gasteiger partial charge in [0.1, 0.15) is 5.75 Å². The van der Waals surface area contributed by atoms with Gasteiger partial charge in [-0.2, -0.15) is 0 Å². The number of allylic oxidation sites excluding steroid dienone is 2. The number of nitrogens with zero attached hydrogens (tertiary/aromatic N) is 2. The second-order valence-electron chi connectivity index (χ2n) is 7.03. The van der Waals surface area contributed by atoms with Gasteiger partial charge < -0.3 is 10.4 Å². The van der Waals surface area contributed by atoms with Crippen molar-refractivity contribution in [2.24, 2.45) is 4.99 Å². The molecule has 2 aromatic carbocycles. The van der Waals surface area contributed by atoms with E-state index in [0.717, 1.165) is 11.1 Å². The Bertz CT molecular complexity index is 1100. The van der Waals surface area contributed by atoms with Crippen LogP contribution in [-0.4, -0.2) is 21.1 Å². The van der Waals surface area contributed by atoms with Gasteiger partial charge in [0.25, 0.3) is 11.6 Å². The first kappa shape index (κ1) is 21.3. The fourth-order valence-electron chi connectivity index (χ4n) is 2.92. The maximum Gasteiger partial charge on any atom is 0.276 e. The highest BCUT2D eigenvalue weighted by molar-refractivity contribution is 8.18. The predicted molar refractivity (Wildman–Crippen MR) is 120 cm³/mol. The Kier molecular flexibility index (Phi) is 6.37. The van der Waals surface area contributed by atoms with Crippen LogP contribution in [0.1, 0.15) is 36.5 Å². The highest BCUT2D eigenvalue weighted by Crippen LogP contribution is 2.34. The van der Waals surface area contributed by atoms with Gasteiger partial charge in [-0.3, -0.25) is 14.9 Å². The molecule has 0 unspecified atom stereocenters. The SMILES string of the molecule is Cc1cc(O)c(C(C)C)cc1N=C1NC(=O)/C(=C\C=C\c2ccccc2[N+](=O)[O-])S1. The third-order valence-corrected chi connectivity index (χ3v) is 5.43. The van der Waals surface area contributed by atoms with Crippen LogP contribution < -0.4 is 5.32 Å². The number of phenolic OH excluding ortho intramolecular Hbond substituents is 1. The summed E-state index contributed by atoms with van der Waals surface area (Å²) in [6.07, 6.45) is 4.80. The van der Waals surface area contributed by atoms with Gasteiger partial charge in [0.2, 0.25) is 0 Å². The fraction of sp³-hybridized carbons (Fsp3) is 0.182. The van der Waals surface area contributed by atoms with Crippen molar-refractivity contribution >= 4 is 40.3 Å². The molecule has 3 rings (SSSR count). The normalized spacial score (nSPS) is 16.7. The van der Waals surface area contributed by atoms with Crippen LogP contribution in [0.5, 0.6) is 5.75 Å². The van der Waals surface area contributed by atoms with Crippen LogP contribution in [0.25, 0.3) is 6.08 Å². The molecule has 2 N–H and O–H groups in total. The molecule has 0 bridgehead atoms. The number of benzene rings is 2. The number of nitro groups is 1. The zero-order valence-electron chi connectivity index (χ0n) is 16.7. The Balaban J connectivity index is 1.82. The molecule has 30 heavy (non-hydrogen) atoms. The predicted octanol–water partition coefficient (Wildman–Crippen LogP) is 5.18. The molecule has 0 aliphatic carbocycles. The summed E-state index contributed by atoms with van der Waals surface area (Å²) in [6, 6.07) is 9.88. The summed E-state index contributed by atoms with van der Waals surface area (Å²) in [5, 5.41) is 24.3. The molecule has 154 valence electrons. The lowest BCUT2D eigenvalue weighted by molar-refractivity contribution is -0.385. The van der Waals surface area contributed by atoms with E-state index < -0.39 is 4.92 Å². The van der Waals surface area contributed by atoms with Crippen molar-refractivity contribution < 1.29 is 14.8 Å². The van der Waals surface area contributed by atoms with Gasteiger partial charge in [-0.15, -0.1) is 0 Å². The van der Waals surface area contributed by atoms with Crippen LogP contribution in [-0.2, 0) is 4.79 Å². The first-order valence-electron chi connectivity index (χ1n) is 9.29. The number of aromatic hydroxyl groups is 1. The number of carbonyl (C=O) groups is 1. The number of rotatable bonds is 5. The maximum atomic E-state index is 12.2. The second kappa shape index (κ2) is 8.96. The number of amides is 1. The Morgan fingerprint density at radius 2 is 2.00 bits per heavy atom. The summed E-state index contributed by atoms with van der Waals surface area (Å²) in [5.41, 5.74) is 2.72. The maximum absolute atomic E-state index is 12.2. The van der Waals surface area contributed by atoms with E-state index in [1.165, 1.54) is 17.8 Å². The average Bonchev–Trinajstić information content (AvgIpc) is 3.03. The summed E-state index contributed by atoms with van der Waals surface area (Å²) in [5.74, 6) is 0.0831. The number of phenols is 1. The van der Waals surface area contributed by atoms with Crippen LogP contribution in [0.4, 0.5) is 11.4 Å². The quantitative estimate of drug-likeness (QED) is 0.392. The van der Waals surface area contributed by atoms with E-state index in [4.69, 9.17) is 0 Å². The molecule has 1 fully saturated rings. The van der Waals surface area contributed by atoms with Gasteiger partial charge >= 0.3 is 0 Å². The largest absolute Gasteiger partial charge is 0.508 e. The standard InChI is InChI=1S/C22H21N3O4S/c1-13(2)16-12-17(14(3)11-19(16)26)23-22-24-21(27)20(30-22)10-6-8-15-7-4-5-9-18(15)25(28)29/h4-13,26H,1-3H3,(H,23,24,27)/b8-6+,20-10+. The number of nitrogens with one attached hydrogen (secondary N) is 1. The van der Waals surface area contributed by atoms with E-state index in [0.29, 0.717) is 21.3 Å². The third kappa shape index (κ3) is 4.77. The van der Waals surface area contributed by atoms with Crippen molar-refractivity contribution in [1.82, 2.24) is 5.32 Å². The molecule has 0 radical (unpaired) electrons. The number of aryl methyl sites for hydroxylation is 1. The van der Waals surface area contributed by atoms with E-state index >= 15 is 0 Å². The number of carbonyl (C=O) groups excluding carboxylic acids is 1. The lowest BCUT2D eigenvalue weighted by atomic mass is 9.99. The van der Waals surface area contributed by atoms with Gasteiger partial charge in [0, 0.05) is 6.07 Å². The minimum absolute atomic E-state index is 0.00157. The third-order valence-electron chi connectivity index (χ3n) is 4.50. The van der Waals surface area contributed by atoms with E-state index in [2.05, 4.69) is 10.3 Å². The minimum atomic E-state index is -0.444. The molecule has 1 amide bonds. The Morgan fingerprint density at radius 3 is 2.70 bits per heavy atom. The molecule has 0 spiro atoms. The molecule has 1 saturated heterocycles. The molecule has 8 heteroatoms. The van der Waals surface area contributed by atoms with Crippen molar-refractivity contribution in [2.75, 3.05) is 0 Å².